The lowest BCUT2D eigenvalue weighted by atomic mass is 9.79. The fourth-order valence-corrected chi connectivity index (χ4v) is 4.94. The summed E-state index contributed by atoms with van der Waals surface area (Å²) in [5.74, 6) is -0.830. The molecule has 0 aliphatic carbocycles. The Balaban J connectivity index is 1.79. The standard InChI is InChI=1S/C17H17ClN2O3S/c1-8-4-5-11-10(7-8)13-9(3-2-6-23-13)12(19-11)14-15(18)20-16(24-14)17(21)22/h4-5,7,9,12-13,19H,2-3,6H2,1H3,(H,21,22)/t9-,12+,13-/m1/s1. The summed E-state index contributed by atoms with van der Waals surface area (Å²) in [6.07, 6.45) is 2.00. The first-order valence-electron chi connectivity index (χ1n) is 7.93. The van der Waals surface area contributed by atoms with Crippen LogP contribution in [0.1, 0.15) is 50.8 Å². The van der Waals surface area contributed by atoms with E-state index in [-0.39, 0.29) is 28.2 Å². The van der Waals surface area contributed by atoms with Crippen LogP contribution in [-0.4, -0.2) is 22.7 Å². The smallest absolute Gasteiger partial charge is 0.365 e. The lowest BCUT2D eigenvalue weighted by Crippen LogP contribution is -2.35. The molecule has 2 N–H and O–H groups in total. The molecule has 2 aromatic rings. The van der Waals surface area contributed by atoms with Crippen LogP contribution in [0.25, 0.3) is 0 Å². The molecule has 3 atom stereocenters. The molecule has 5 nitrogen and oxygen atoms in total. The Kier molecular flexibility index (Phi) is 3.98. The van der Waals surface area contributed by atoms with Crippen LogP contribution in [0.4, 0.5) is 5.69 Å². The number of hydrogen-bond donors (Lipinski definition) is 2. The number of aryl methyl sites for hydroxylation is 1. The van der Waals surface area contributed by atoms with Crippen LogP contribution in [0.15, 0.2) is 18.2 Å². The minimum atomic E-state index is -1.04. The van der Waals surface area contributed by atoms with E-state index in [1.54, 1.807) is 0 Å². The summed E-state index contributed by atoms with van der Waals surface area (Å²) in [7, 11) is 0. The van der Waals surface area contributed by atoms with Crippen molar-refractivity contribution in [3.05, 3.63) is 44.4 Å². The number of nitrogens with one attached hydrogen (secondary N) is 1. The highest BCUT2D eigenvalue weighted by Crippen LogP contribution is 2.51. The molecule has 24 heavy (non-hydrogen) atoms. The molecular formula is C17H17ClN2O3S. The highest BCUT2D eigenvalue weighted by atomic mass is 35.5. The second-order valence-corrected chi connectivity index (χ2v) is 7.68. The molecule has 1 aromatic carbocycles. The van der Waals surface area contributed by atoms with E-state index >= 15 is 0 Å². The molecule has 1 fully saturated rings. The van der Waals surface area contributed by atoms with Crippen molar-refractivity contribution in [1.82, 2.24) is 4.98 Å². The first-order chi connectivity index (χ1) is 11.5. The number of anilines is 1. The van der Waals surface area contributed by atoms with Gasteiger partial charge in [0.25, 0.3) is 0 Å². The number of fused-ring (bicyclic) bond motifs is 3. The van der Waals surface area contributed by atoms with Gasteiger partial charge in [0.05, 0.1) is 17.0 Å². The fourth-order valence-electron chi connectivity index (χ4n) is 3.65. The van der Waals surface area contributed by atoms with Gasteiger partial charge in [-0.1, -0.05) is 29.3 Å². The van der Waals surface area contributed by atoms with Crippen LogP contribution in [0.5, 0.6) is 0 Å². The van der Waals surface area contributed by atoms with Crippen LogP contribution in [0.3, 0.4) is 0 Å². The molecule has 0 unspecified atom stereocenters. The summed E-state index contributed by atoms with van der Waals surface area (Å²) in [6.45, 7) is 2.82. The summed E-state index contributed by atoms with van der Waals surface area (Å²) in [5.41, 5.74) is 3.40. The normalized spacial score (nSPS) is 25.5. The average molecular weight is 365 g/mol. The van der Waals surface area contributed by atoms with Gasteiger partial charge in [-0.25, -0.2) is 9.78 Å². The number of benzene rings is 1. The molecule has 3 heterocycles. The number of nitrogens with zero attached hydrogens (tertiary/aromatic N) is 1. The van der Waals surface area contributed by atoms with Crippen LogP contribution in [0.2, 0.25) is 5.15 Å². The Morgan fingerprint density at radius 2 is 2.33 bits per heavy atom. The zero-order valence-electron chi connectivity index (χ0n) is 13.1. The zero-order valence-corrected chi connectivity index (χ0v) is 14.7. The maximum Gasteiger partial charge on any atom is 0.365 e. The number of halogens is 1. The molecule has 1 saturated heterocycles. The SMILES string of the molecule is Cc1ccc2c(c1)[C@@H]1OCCC[C@@H]1[C@@H](c1sc(C(=O)O)nc1Cl)N2. The number of hydrogen-bond acceptors (Lipinski definition) is 5. The lowest BCUT2D eigenvalue weighted by molar-refractivity contribution is -0.0378. The van der Waals surface area contributed by atoms with E-state index in [0.29, 0.717) is 0 Å². The van der Waals surface area contributed by atoms with E-state index in [9.17, 15) is 9.90 Å². The third-order valence-electron chi connectivity index (χ3n) is 4.70. The molecule has 1 aromatic heterocycles. The van der Waals surface area contributed by atoms with Crippen LogP contribution in [0, 0.1) is 12.8 Å². The van der Waals surface area contributed by atoms with Crippen molar-refractivity contribution in [3.63, 3.8) is 0 Å². The van der Waals surface area contributed by atoms with Crippen molar-refractivity contribution in [2.24, 2.45) is 5.92 Å². The molecule has 7 heteroatoms. The topological polar surface area (TPSA) is 71.5 Å². The Labute approximate surface area is 148 Å². The van der Waals surface area contributed by atoms with Gasteiger partial charge < -0.3 is 15.2 Å². The number of rotatable bonds is 2. The lowest BCUT2D eigenvalue weighted by Gasteiger charge is -2.43. The van der Waals surface area contributed by atoms with Gasteiger partial charge in [-0.05, 0) is 25.8 Å². The average Bonchev–Trinajstić information content (AvgIpc) is 2.96. The van der Waals surface area contributed by atoms with Crippen molar-refractivity contribution in [2.75, 3.05) is 11.9 Å². The fraction of sp³-hybridized carbons (Fsp3) is 0.412. The molecule has 0 saturated carbocycles. The summed E-state index contributed by atoms with van der Waals surface area (Å²) in [5, 5.41) is 13.0. The second-order valence-electron chi connectivity index (χ2n) is 6.29. The molecule has 4 rings (SSSR count). The first kappa shape index (κ1) is 15.9. The third kappa shape index (κ3) is 2.59. The predicted molar refractivity (Wildman–Crippen MR) is 93.0 cm³/mol. The molecule has 2 aliphatic heterocycles. The number of aromatic carboxylic acids is 1. The van der Waals surface area contributed by atoms with E-state index in [1.165, 1.54) is 11.1 Å². The summed E-state index contributed by atoms with van der Waals surface area (Å²) in [4.78, 5) is 16.0. The van der Waals surface area contributed by atoms with Gasteiger partial charge in [-0.2, -0.15) is 0 Å². The number of carbonyl (C=O) groups is 1. The molecule has 0 amide bonds. The molecule has 2 aliphatic rings. The van der Waals surface area contributed by atoms with Crippen molar-refractivity contribution >= 4 is 34.6 Å². The maximum atomic E-state index is 11.2. The number of ether oxygens (including phenoxy) is 1. The largest absolute Gasteiger partial charge is 0.476 e. The predicted octanol–water partition coefficient (Wildman–Crippen LogP) is 4.44. The number of carboxylic acid groups (broad SMARTS) is 1. The summed E-state index contributed by atoms with van der Waals surface area (Å²) in [6, 6.07) is 6.20. The van der Waals surface area contributed by atoms with E-state index in [4.69, 9.17) is 16.3 Å². The monoisotopic (exact) mass is 364 g/mol. The Morgan fingerprint density at radius 1 is 1.50 bits per heavy atom. The van der Waals surface area contributed by atoms with E-state index < -0.39 is 5.97 Å². The van der Waals surface area contributed by atoms with Crippen molar-refractivity contribution in [2.45, 2.75) is 31.9 Å². The van der Waals surface area contributed by atoms with Gasteiger partial charge in [0.15, 0.2) is 0 Å². The van der Waals surface area contributed by atoms with Crippen LogP contribution in [-0.2, 0) is 4.74 Å². The van der Waals surface area contributed by atoms with Crippen molar-refractivity contribution < 1.29 is 14.6 Å². The minimum Gasteiger partial charge on any atom is -0.476 e. The van der Waals surface area contributed by atoms with E-state index in [1.807, 2.05) is 0 Å². The van der Waals surface area contributed by atoms with E-state index in [2.05, 4.69) is 35.4 Å². The Bertz CT molecular complexity index is 807. The van der Waals surface area contributed by atoms with Gasteiger partial charge in [0, 0.05) is 23.8 Å². The highest BCUT2D eigenvalue weighted by Gasteiger charge is 2.41. The van der Waals surface area contributed by atoms with Gasteiger partial charge in [0.2, 0.25) is 5.01 Å². The number of thiazole rings is 1. The minimum absolute atomic E-state index is 0.00587. The van der Waals surface area contributed by atoms with Crippen LogP contribution >= 0.6 is 22.9 Å². The Hall–Kier alpha value is -1.63. The van der Waals surface area contributed by atoms with Gasteiger partial charge in [-0.15, -0.1) is 11.3 Å². The summed E-state index contributed by atoms with van der Waals surface area (Å²) >= 11 is 7.41. The Morgan fingerprint density at radius 3 is 3.08 bits per heavy atom. The maximum absolute atomic E-state index is 11.2. The van der Waals surface area contributed by atoms with Crippen molar-refractivity contribution in [1.29, 1.82) is 0 Å². The number of carboxylic acids is 1. The van der Waals surface area contributed by atoms with Crippen molar-refractivity contribution in [3.8, 4) is 0 Å². The quantitative estimate of drug-likeness (QED) is 0.824. The second kappa shape index (κ2) is 6.02. The third-order valence-corrected chi connectivity index (χ3v) is 6.22. The van der Waals surface area contributed by atoms with E-state index in [0.717, 1.165) is 41.3 Å². The first-order valence-corrected chi connectivity index (χ1v) is 9.12. The van der Waals surface area contributed by atoms with Gasteiger partial charge in [0.1, 0.15) is 5.15 Å². The molecular weight excluding hydrogens is 348 g/mol. The van der Waals surface area contributed by atoms with Gasteiger partial charge in [-0.3, -0.25) is 0 Å². The van der Waals surface area contributed by atoms with Crippen LogP contribution < -0.4 is 5.32 Å². The molecule has 0 radical (unpaired) electrons. The highest BCUT2D eigenvalue weighted by molar-refractivity contribution is 7.14. The summed E-state index contributed by atoms with van der Waals surface area (Å²) < 4.78 is 6.09. The molecule has 0 spiro atoms. The zero-order chi connectivity index (χ0) is 16.8. The molecule has 126 valence electrons. The van der Waals surface area contributed by atoms with Gasteiger partial charge >= 0.3 is 5.97 Å². The molecule has 0 bridgehead atoms. The number of aromatic nitrogens is 1.